The maximum Gasteiger partial charge on any atom is 0.349 e. The summed E-state index contributed by atoms with van der Waals surface area (Å²) in [4.78, 5) is 29.5. The average Bonchev–Trinajstić information content (AvgIpc) is 2.98. The molecule has 2 aromatic carbocycles. The lowest BCUT2D eigenvalue weighted by Crippen LogP contribution is -2.19. The van der Waals surface area contributed by atoms with Crippen LogP contribution in [-0.2, 0) is 6.54 Å². The van der Waals surface area contributed by atoms with Crippen LogP contribution in [0.25, 0.3) is 21.2 Å². The second-order valence-electron chi connectivity index (χ2n) is 5.92. The van der Waals surface area contributed by atoms with Crippen molar-refractivity contribution in [3.8, 4) is 0 Å². The molecule has 0 aliphatic carbocycles. The number of aromatic nitrogens is 1. The van der Waals surface area contributed by atoms with E-state index in [0.717, 1.165) is 4.70 Å². The van der Waals surface area contributed by atoms with Crippen molar-refractivity contribution in [2.75, 3.05) is 0 Å². The highest BCUT2D eigenvalue weighted by atomic mass is 35.5. The summed E-state index contributed by atoms with van der Waals surface area (Å²) in [6, 6.07) is 11.8. The molecule has 4 rings (SSSR count). The van der Waals surface area contributed by atoms with E-state index in [9.17, 15) is 9.59 Å². The van der Waals surface area contributed by atoms with Crippen LogP contribution in [0.2, 0.25) is 10.0 Å². The van der Waals surface area contributed by atoms with Crippen molar-refractivity contribution < 1.29 is 9.21 Å². The molecule has 8 heteroatoms. The van der Waals surface area contributed by atoms with E-state index in [-0.39, 0.29) is 5.56 Å². The first-order chi connectivity index (χ1) is 13.5. The molecular formula is C20H12Cl2N2O3S. The van der Waals surface area contributed by atoms with Gasteiger partial charge in [0.25, 0.3) is 5.91 Å². The summed E-state index contributed by atoms with van der Waals surface area (Å²) in [5, 5.41) is 1.57. The zero-order valence-corrected chi connectivity index (χ0v) is 16.6. The number of fused-ring (bicyclic) bond motifs is 2. The first-order valence-corrected chi connectivity index (χ1v) is 9.76. The molecule has 1 amide bonds. The molecule has 0 spiro atoms. The number of allylic oxidation sites excluding steroid dienone is 1. The predicted octanol–water partition coefficient (Wildman–Crippen LogP) is 5.04. The van der Waals surface area contributed by atoms with Gasteiger partial charge in [-0.1, -0.05) is 58.8 Å². The highest BCUT2D eigenvalue weighted by molar-refractivity contribution is 7.16. The summed E-state index contributed by atoms with van der Waals surface area (Å²) in [6.07, 6.45) is 1.67. The molecule has 0 atom stereocenters. The molecule has 2 heterocycles. The lowest BCUT2D eigenvalue weighted by Gasteiger charge is -2.03. The Morgan fingerprint density at radius 1 is 1.25 bits per heavy atom. The molecule has 0 aliphatic rings. The number of rotatable bonds is 3. The Hall–Kier alpha value is -2.67. The molecule has 0 saturated carbocycles. The third-order valence-electron chi connectivity index (χ3n) is 4.08. The van der Waals surface area contributed by atoms with Crippen LogP contribution in [0.5, 0.6) is 0 Å². The number of hydrogen-bond acceptors (Lipinski definition) is 4. The van der Waals surface area contributed by atoms with Crippen molar-refractivity contribution in [1.82, 2.24) is 4.57 Å². The van der Waals surface area contributed by atoms with Crippen LogP contribution in [0.4, 0.5) is 0 Å². The van der Waals surface area contributed by atoms with Gasteiger partial charge in [0.1, 0.15) is 11.1 Å². The van der Waals surface area contributed by atoms with Gasteiger partial charge in [-0.25, -0.2) is 4.79 Å². The van der Waals surface area contributed by atoms with E-state index in [0.29, 0.717) is 37.9 Å². The molecule has 0 aliphatic heterocycles. The van der Waals surface area contributed by atoms with Gasteiger partial charge in [-0.05, 0) is 24.3 Å². The summed E-state index contributed by atoms with van der Waals surface area (Å²) >= 11 is 13.7. The van der Waals surface area contributed by atoms with Crippen molar-refractivity contribution in [2.24, 2.45) is 4.99 Å². The quantitative estimate of drug-likeness (QED) is 0.337. The Balaban J connectivity index is 1.92. The highest BCUT2D eigenvalue weighted by Crippen LogP contribution is 2.29. The van der Waals surface area contributed by atoms with Gasteiger partial charge in [0.15, 0.2) is 4.80 Å². The summed E-state index contributed by atoms with van der Waals surface area (Å²) in [7, 11) is 0. The standard InChI is InChI=1S/C20H12Cl2N2O3S/c1-2-7-24-17-14(22)9-12(21)10-16(17)28-20(24)23-18(25)13-8-11-5-3-4-6-15(11)27-19(13)26/h2-6,8-10H,1,7H2. The minimum Gasteiger partial charge on any atom is -0.422 e. The minimum absolute atomic E-state index is 0.134. The van der Waals surface area contributed by atoms with Crippen molar-refractivity contribution in [1.29, 1.82) is 0 Å². The molecule has 0 unspecified atom stereocenters. The summed E-state index contributed by atoms with van der Waals surface area (Å²) in [5.74, 6) is -0.689. The summed E-state index contributed by atoms with van der Waals surface area (Å²) in [6.45, 7) is 4.13. The van der Waals surface area contributed by atoms with Gasteiger partial charge < -0.3 is 8.98 Å². The maximum atomic E-state index is 12.7. The lowest BCUT2D eigenvalue weighted by molar-refractivity contribution is 0.0994. The van der Waals surface area contributed by atoms with E-state index in [2.05, 4.69) is 11.6 Å². The van der Waals surface area contributed by atoms with Crippen LogP contribution in [-0.4, -0.2) is 10.5 Å². The second kappa shape index (κ2) is 7.39. The van der Waals surface area contributed by atoms with Gasteiger partial charge in [-0.3, -0.25) is 4.79 Å². The van der Waals surface area contributed by atoms with E-state index in [1.165, 1.54) is 17.4 Å². The number of halogens is 2. The number of carbonyl (C=O) groups is 1. The minimum atomic E-state index is -0.732. The molecule has 0 fully saturated rings. The van der Waals surface area contributed by atoms with Crippen LogP contribution in [0, 0.1) is 0 Å². The molecule has 0 bridgehead atoms. The summed E-state index contributed by atoms with van der Waals surface area (Å²) < 4.78 is 7.76. The normalized spacial score (nSPS) is 12.0. The number of thiazole rings is 1. The van der Waals surface area contributed by atoms with Crippen LogP contribution in [0.3, 0.4) is 0 Å². The van der Waals surface area contributed by atoms with Crippen LogP contribution in [0.1, 0.15) is 10.4 Å². The van der Waals surface area contributed by atoms with Crippen molar-refractivity contribution in [2.45, 2.75) is 6.54 Å². The van der Waals surface area contributed by atoms with Crippen LogP contribution < -0.4 is 10.4 Å². The maximum absolute atomic E-state index is 12.7. The largest absolute Gasteiger partial charge is 0.422 e. The third-order valence-corrected chi connectivity index (χ3v) is 5.61. The smallest absolute Gasteiger partial charge is 0.349 e. The fourth-order valence-electron chi connectivity index (χ4n) is 2.87. The lowest BCUT2D eigenvalue weighted by atomic mass is 10.2. The van der Waals surface area contributed by atoms with E-state index >= 15 is 0 Å². The van der Waals surface area contributed by atoms with Gasteiger partial charge in [0.05, 0.1) is 15.2 Å². The molecule has 4 aromatic rings. The number of para-hydroxylation sites is 1. The molecule has 28 heavy (non-hydrogen) atoms. The molecule has 5 nitrogen and oxygen atoms in total. The molecular weight excluding hydrogens is 419 g/mol. The number of nitrogens with zero attached hydrogens (tertiary/aromatic N) is 2. The number of benzene rings is 2. The average molecular weight is 431 g/mol. The van der Waals surface area contributed by atoms with E-state index in [1.54, 1.807) is 47.0 Å². The Bertz CT molecular complexity index is 1380. The SMILES string of the molecule is C=CCn1c(=NC(=O)c2cc3ccccc3oc2=O)sc2cc(Cl)cc(Cl)c21. The van der Waals surface area contributed by atoms with Crippen molar-refractivity contribution in [3.05, 3.63) is 85.9 Å². The van der Waals surface area contributed by atoms with Gasteiger partial charge in [0.2, 0.25) is 0 Å². The number of amides is 1. The highest BCUT2D eigenvalue weighted by Gasteiger charge is 2.15. The zero-order chi connectivity index (χ0) is 19.8. The van der Waals surface area contributed by atoms with Crippen LogP contribution in [0.15, 0.2) is 69.3 Å². The molecule has 0 saturated heterocycles. The first kappa shape index (κ1) is 18.7. The molecule has 140 valence electrons. The van der Waals surface area contributed by atoms with Crippen molar-refractivity contribution in [3.63, 3.8) is 0 Å². The monoisotopic (exact) mass is 430 g/mol. The Morgan fingerprint density at radius 2 is 2.04 bits per heavy atom. The van der Waals surface area contributed by atoms with Crippen molar-refractivity contribution >= 4 is 61.6 Å². The zero-order valence-electron chi connectivity index (χ0n) is 14.3. The van der Waals surface area contributed by atoms with E-state index < -0.39 is 11.5 Å². The topological polar surface area (TPSA) is 64.6 Å². The fraction of sp³-hybridized carbons (Fsp3) is 0.0500. The second-order valence-corrected chi connectivity index (χ2v) is 7.77. The van der Waals surface area contributed by atoms with Gasteiger partial charge in [-0.15, -0.1) is 6.58 Å². The first-order valence-electron chi connectivity index (χ1n) is 8.19. The predicted molar refractivity (Wildman–Crippen MR) is 112 cm³/mol. The van der Waals surface area contributed by atoms with Crippen LogP contribution >= 0.6 is 34.5 Å². The fourth-order valence-corrected chi connectivity index (χ4v) is 4.69. The van der Waals surface area contributed by atoms with Gasteiger partial charge >= 0.3 is 5.63 Å². The Labute approximate surface area is 172 Å². The Morgan fingerprint density at radius 3 is 2.82 bits per heavy atom. The number of carbonyl (C=O) groups excluding carboxylic acids is 1. The summed E-state index contributed by atoms with van der Waals surface area (Å²) in [5.41, 5.74) is 0.248. The van der Waals surface area contributed by atoms with E-state index in [4.69, 9.17) is 27.6 Å². The number of hydrogen-bond donors (Lipinski definition) is 0. The van der Waals surface area contributed by atoms with Gasteiger partial charge in [-0.2, -0.15) is 4.99 Å². The molecule has 2 aromatic heterocycles. The third kappa shape index (κ3) is 3.30. The van der Waals surface area contributed by atoms with E-state index in [1.807, 2.05) is 0 Å². The Kier molecular flexibility index (Phi) is 4.93. The molecule has 0 N–H and O–H groups in total. The molecule has 0 radical (unpaired) electrons. The van der Waals surface area contributed by atoms with Gasteiger partial charge in [0, 0.05) is 17.0 Å².